The lowest BCUT2D eigenvalue weighted by Crippen LogP contribution is -2.09. The molecule has 0 bridgehead atoms. The molecule has 4 heteroatoms. The summed E-state index contributed by atoms with van der Waals surface area (Å²) in [5.41, 5.74) is 7.71. The van der Waals surface area contributed by atoms with Gasteiger partial charge in [0, 0.05) is 5.69 Å². The van der Waals surface area contributed by atoms with Crippen molar-refractivity contribution < 1.29 is 14.6 Å². The van der Waals surface area contributed by atoms with Crippen LogP contribution in [0, 0.1) is 0 Å². The van der Waals surface area contributed by atoms with Crippen molar-refractivity contribution >= 4 is 11.7 Å². The first-order valence-electron chi connectivity index (χ1n) is 6.37. The Balaban J connectivity index is 2.12. The fraction of sp³-hybridized carbons (Fsp3) is 0.188. The summed E-state index contributed by atoms with van der Waals surface area (Å²) in [5.74, 6) is -1.03. The summed E-state index contributed by atoms with van der Waals surface area (Å²) < 4.78 is 5.74. The quantitative estimate of drug-likeness (QED) is 0.819. The summed E-state index contributed by atoms with van der Waals surface area (Å²) >= 11 is 0. The molecule has 3 N–H and O–H groups in total. The van der Waals surface area contributed by atoms with Crippen LogP contribution >= 0.6 is 0 Å². The van der Waals surface area contributed by atoms with Gasteiger partial charge < -0.3 is 15.6 Å². The number of aromatic carboxylic acids is 1. The molecule has 1 atom stereocenters. The molecule has 104 valence electrons. The lowest BCUT2D eigenvalue weighted by Gasteiger charge is -2.15. The Kier molecular flexibility index (Phi) is 4.38. The van der Waals surface area contributed by atoms with Gasteiger partial charge in [-0.2, -0.15) is 0 Å². The van der Waals surface area contributed by atoms with Crippen molar-refractivity contribution in [3.05, 3.63) is 65.2 Å². The number of hydrogen-bond donors (Lipinski definition) is 2. The summed E-state index contributed by atoms with van der Waals surface area (Å²) in [4.78, 5) is 11.2. The number of nitrogen functional groups attached to an aromatic ring is 1. The summed E-state index contributed by atoms with van der Waals surface area (Å²) in [5, 5.41) is 9.19. The zero-order valence-electron chi connectivity index (χ0n) is 11.2. The first-order valence-corrected chi connectivity index (χ1v) is 6.37. The number of rotatable bonds is 5. The van der Waals surface area contributed by atoms with Crippen LogP contribution in [0.1, 0.15) is 34.5 Å². The monoisotopic (exact) mass is 271 g/mol. The molecule has 0 aliphatic carbocycles. The minimum Gasteiger partial charge on any atom is -0.478 e. The second-order valence-corrected chi connectivity index (χ2v) is 4.55. The van der Waals surface area contributed by atoms with E-state index in [4.69, 9.17) is 10.5 Å². The molecule has 0 fully saturated rings. The van der Waals surface area contributed by atoms with Crippen LogP contribution in [-0.4, -0.2) is 11.1 Å². The van der Waals surface area contributed by atoms with Crippen LogP contribution in [0.5, 0.6) is 0 Å². The van der Waals surface area contributed by atoms with Crippen LogP contribution < -0.4 is 5.73 Å². The topological polar surface area (TPSA) is 72.5 Å². The largest absolute Gasteiger partial charge is 0.478 e. The van der Waals surface area contributed by atoms with Crippen molar-refractivity contribution in [3.8, 4) is 0 Å². The van der Waals surface area contributed by atoms with Crippen LogP contribution in [-0.2, 0) is 11.3 Å². The van der Waals surface area contributed by atoms with Gasteiger partial charge in [-0.15, -0.1) is 0 Å². The minimum absolute atomic E-state index is 0.112. The van der Waals surface area contributed by atoms with E-state index in [9.17, 15) is 9.90 Å². The van der Waals surface area contributed by atoms with Gasteiger partial charge in [0.25, 0.3) is 0 Å². The Morgan fingerprint density at radius 3 is 2.55 bits per heavy atom. The molecule has 2 rings (SSSR count). The summed E-state index contributed by atoms with van der Waals surface area (Å²) in [6, 6.07) is 14.8. The Morgan fingerprint density at radius 2 is 1.90 bits per heavy atom. The van der Waals surface area contributed by atoms with Crippen molar-refractivity contribution in [2.24, 2.45) is 0 Å². The maximum atomic E-state index is 11.2. The molecule has 0 aliphatic rings. The SMILES string of the molecule is CC(OCc1cccc(N)c1C(=O)O)c1ccccc1. The van der Waals surface area contributed by atoms with Crippen LogP contribution in [0.2, 0.25) is 0 Å². The average molecular weight is 271 g/mol. The summed E-state index contributed by atoms with van der Waals surface area (Å²) in [7, 11) is 0. The van der Waals surface area contributed by atoms with Gasteiger partial charge in [-0.05, 0) is 24.1 Å². The first kappa shape index (κ1) is 14.1. The van der Waals surface area contributed by atoms with Crippen LogP contribution in [0.3, 0.4) is 0 Å². The zero-order valence-corrected chi connectivity index (χ0v) is 11.2. The van der Waals surface area contributed by atoms with Gasteiger partial charge >= 0.3 is 5.97 Å². The minimum atomic E-state index is -1.03. The molecule has 2 aromatic rings. The predicted molar refractivity (Wildman–Crippen MR) is 77.5 cm³/mol. The molecule has 0 amide bonds. The van der Waals surface area contributed by atoms with E-state index in [0.717, 1.165) is 5.56 Å². The molecular weight excluding hydrogens is 254 g/mol. The fourth-order valence-corrected chi connectivity index (χ4v) is 2.04. The third-order valence-corrected chi connectivity index (χ3v) is 3.15. The molecule has 20 heavy (non-hydrogen) atoms. The Morgan fingerprint density at radius 1 is 1.20 bits per heavy atom. The van der Waals surface area contributed by atoms with Gasteiger partial charge in [-0.3, -0.25) is 0 Å². The van der Waals surface area contributed by atoms with E-state index in [2.05, 4.69) is 0 Å². The molecular formula is C16H17NO3. The maximum Gasteiger partial charge on any atom is 0.338 e. The number of carboxylic acids is 1. The second kappa shape index (κ2) is 6.21. The Labute approximate surface area is 117 Å². The van der Waals surface area contributed by atoms with Gasteiger partial charge in [0.05, 0.1) is 18.3 Å². The number of anilines is 1. The normalized spacial score (nSPS) is 12.1. The molecule has 0 saturated heterocycles. The number of ether oxygens (including phenoxy) is 1. The maximum absolute atomic E-state index is 11.2. The van der Waals surface area contributed by atoms with Crippen molar-refractivity contribution in [3.63, 3.8) is 0 Å². The third-order valence-electron chi connectivity index (χ3n) is 3.15. The summed E-state index contributed by atoms with van der Waals surface area (Å²) in [6.45, 7) is 2.14. The zero-order chi connectivity index (χ0) is 14.5. The highest BCUT2D eigenvalue weighted by Gasteiger charge is 2.14. The molecule has 0 spiro atoms. The number of benzene rings is 2. The fourth-order valence-electron chi connectivity index (χ4n) is 2.04. The Bertz CT molecular complexity index is 596. The third kappa shape index (κ3) is 3.16. The number of hydrogen-bond acceptors (Lipinski definition) is 3. The van der Waals surface area contributed by atoms with Crippen molar-refractivity contribution in [1.82, 2.24) is 0 Å². The van der Waals surface area contributed by atoms with E-state index in [-0.39, 0.29) is 24.0 Å². The lowest BCUT2D eigenvalue weighted by molar-refractivity contribution is 0.0504. The van der Waals surface area contributed by atoms with Gasteiger partial charge in [0.2, 0.25) is 0 Å². The van der Waals surface area contributed by atoms with E-state index in [0.29, 0.717) is 5.56 Å². The molecule has 0 aromatic heterocycles. The lowest BCUT2D eigenvalue weighted by atomic mass is 10.1. The van der Waals surface area contributed by atoms with E-state index >= 15 is 0 Å². The first-order chi connectivity index (χ1) is 9.59. The van der Waals surface area contributed by atoms with Gasteiger partial charge in [-0.1, -0.05) is 42.5 Å². The van der Waals surface area contributed by atoms with E-state index in [1.807, 2.05) is 37.3 Å². The van der Waals surface area contributed by atoms with Crippen LogP contribution in [0.15, 0.2) is 48.5 Å². The summed E-state index contributed by atoms with van der Waals surface area (Å²) in [6.07, 6.45) is -0.112. The van der Waals surface area contributed by atoms with E-state index in [1.54, 1.807) is 18.2 Å². The van der Waals surface area contributed by atoms with Crippen molar-refractivity contribution in [1.29, 1.82) is 0 Å². The molecule has 2 aromatic carbocycles. The van der Waals surface area contributed by atoms with E-state index < -0.39 is 5.97 Å². The highest BCUT2D eigenvalue weighted by molar-refractivity contribution is 5.95. The predicted octanol–water partition coefficient (Wildman–Crippen LogP) is 3.24. The van der Waals surface area contributed by atoms with Crippen molar-refractivity contribution in [2.75, 3.05) is 5.73 Å². The number of carboxylic acid groups (broad SMARTS) is 1. The molecule has 0 saturated carbocycles. The second-order valence-electron chi connectivity index (χ2n) is 4.55. The highest BCUT2D eigenvalue weighted by atomic mass is 16.5. The standard InChI is InChI=1S/C16H17NO3/c1-11(12-6-3-2-4-7-12)20-10-13-8-5-9-14(17)15(13)16(18)19/h2-9,11H,10,17H2,1H3,(H,18,19). The van der Waals surface area contributed by atoms with Gasteiger partial charge in [-0.25, -0.2) is 4.79 Å². The number of nitrogens with two attached hydrogens (primary N) is 1. The van der Waals surface area contributed by atoms with Crippen molar-refractivity contribution in [2.45, 2.75) is 19.6 Å². The van der Waals surface area contributed by atoms with E-state index in [1.165, 1.54) is 0 Å². The molecule has 0 heterocycles. The molecule has 0 aliphatic heterocycles. The number of carbonyl (C=O) groups is 1. The molecule has 4 nitrogen and oxygen atoms in total. The molecule has 1 unspecified atom stereocenters. The van der Waals surface area contributed by atoms with Gasteiger partial charge in [0.1, 0.15) is 0 Å². The average Bonchev–Trinajstić information content (AvgIpc) is 2.45. The highest BCUT2D eigenvalue weighted by Crippen LogP contribution is 2.22. The van der Waals surface area contributed by atoms with Crippen LogP contribution in [0.25, 0.3) is 0 Å². The van der Waals surface area contributed by atoms with Crippen LogP contribution in [0.4, 0.5) is 5.69 Å². The van der Waals surface area contributed by atoms with Gasteiger partial charge in [0.15, 0.2) is 0 Å². The molecule has 0 radical (unpaired) electrons. The smallest absolute Gasteiger partial charge is 0.338 e. The Hall–Kier alpha value is -2.33.